The van der Waals surface area contributed by atoms with Gasteiger partial charge in [-0.2, -0.15) is 0 Å². The van der Waals surface area contributed by atoms with E-state index in [1.807, 2.05) is 6.08 Å². The van der Waals surface area contributed by atoms with Gasteiger partial charge in [-0.05, 0) is 70.6 Å². The standard InChI is InChI=1S/C57H103NO8/c1-3-5-7-9-11-13-15-17-19-21-23-25-27-28-30-32-34-36-38-40-42-44-46-51(60)50(49-65-57-56(64)55(63)54(62)52(48-59)66-57)58-53(61)47-45-43-41-39-37-35-33-31-29-26-24-22-20-18-16-14-12-10-8-6-4-2/h6,8,12,14,28,30,36,38,44,46,50-52,54-57,59-60,62-64H,3-5,7,9-11,13,15-27,29,31-35,37,39-43,45,47-49H2,1-2H3,(H,58,61)/b8-6-,14-12-,30-28+,38-36+,46-44+. The summed E-state index contributed by atoms with van der Waals surface area (Å²) in [5.74, 6) is -0.191. The lowest BCUT2D eigenvalue weighted by molar-refractivity contribution is -0.302. The van der Waals surface area contributed by atoms with Gasteiger partial charge in [0.05, 0.1) is 25.4 Å². The van der Waals surface area contributed by atoms with Crippen molar-refractivity contribution in [2.24, 2.45) is 0 Å². The number of hydrogen-bond donors (Lipinski definition) is 6. The molecule has 1 saturated heterocycles. The third-order valence-electron chi connectivity index (χ3n) is 12.8. The van der Waals surface area contributed by atoms with Crippen LogP contribution in [-0.2, 0) is 14.3 Å². The molecule has 0 aromatic carbocycles. The van der Waals surface area contributed by atoms with Crippen LogP contribution in [0.1, 0.15) is 239 Å². The second kappa shape index (κ2) is 46.6. The first kappa shape index (κ1) is 61.9. The quantitative estimate of drug-likeness (QED) is 0.0261. The molecule has 7 unspecified atom stereocenters. The number of aliphatic hydroxyl groups excluding tert-OH is 5. The third kappa shape index (κ3) is 36.0. The molecular weight excluding hydrogens is 827 g/mol. The molecule has 1 heterocycles. The number of nitrogens with one attached hydrogen (secondary N) is 1. The average Bonchev–Trinajstić information content (AvgIpc) is 3.32. The van der Waals surface area contributed by atoms with E-state index in [4.69, 9.17) is 9.47 Å². The molecule has 1 aliphatic heterocycles. The molecule has 384 valence electrons. The van der Waals surface area contributed by atoms with E-state index < -0.39 is 49.5 Å². The number of ether oxygens (including phenoxy) is 2. The number of unbranched alkanes of at least 4 members (excludes halogenated alkanes) is 28. The van der Waals surface area contributed by atoms with E-state index in [0.29, 0.717) is 6.42 Å². The van der Waals surface area contributed by atoms with Crippen LogP contribution in [0, 0.1) is 0 Å². The molecule has 1 rings (SSSR count). The highest BCUT2D eigenvalue weighted by atomic mass is 16.7. The van der Waals surface area contributed by atoms with Crippen molar-refractivity contribution in [2.45, 2.75) is 281 Å². The minimum atomic E-state index is -1.58. The number of carbonyl (C=O) groups excluding carboxylic acids is 1. The molecular formula is C57H103NO8. The van der Waals surface area contributed by atoms with Crippen LogP contribution < -0.4 is 5.32 Å². The van der Waals surface area contributed by atoms with Crippen LogP contribution in [0.25, 0.3) is 0 Å². The average molecular weight is 930 g/mol. The van der Waals surface area contributed by atoms with Gasteiger partial charge in [-0.1, -0.05) is 222 Å². The molecule has 9 heteroatoms. The van der Waals surface area contributed by atoms with Crippen molar-refractivity contribution in [1.29, 1.82) is 0 Å². The molecule has 0 aromatic rings. The van der Waals surface area contributed by atoms with E-state index in [1.165, 1.54) is 161 Å². The highest BCUT2D eigenvalue weighted by Gasteiger charge is 2.44. The molecule has 7 atom stereocenters. The van der Waals surface area contributed by atoms with E-state index in [-0.39, 0.29) is 12.5 Å². The van der Waals surface area contributed by atoms with Gasteiger partial charge in [-0.25, -0.2) is 0 Å². The van der Waals surface area contributed by atoms with Crippen LogP contribution in [0.2, 0.25) is 0 Å². The van der Waals surface area contributed by atoms with Gasteiger partial charge in [0.1, 0.15) is 24.4 Å². The summed E-state index contributed by atoms with van der Waals surface area (Å²) in [7, 11) is 0. The zero-order valence-electron chi connectivity index (χ0n) is 42.4. The minimum Gasteiger partial charge on any atom is -0.394 e. The summed E-state index contributed by atoms with van der Waals surface area (Å²) in [5.41, 5.74) is 0. The van der Waals surface area contributed by atoms with E-state index in [9.17, 15) is 30.3 Å². The number of rotatable bonds is 46. The molecule has 0 aromatic heterocycles. The Kier molecular flexibility index (Phi) is 43.7. The van der Waals surface area contributed by atoms with Crippen molar-refractivity contribution in [3.05, 3.63) is 60.8 Å². The number of hydrogen-bond acceptors (Lipinski definition) is 8. The van der Waals surface area contributed by atoms with Gasteiger partial charge >= 0.3 is 0 Å². The molecule has 6 N–H and O–H groups in total. The second-order valence-corrected chi connectivity index (χ2v) is 19.0. The van der Waals surface area contributed by atoms with Crippen molar-refractivity contribution >= 4 is 5.91 Å². The maximum Gasteiger partial charge on any atom is 0.220 e. The van der Waals surface area contributed by atoms with Crippen LogP contribution in [0.5, 0.6) is 0 Å². The number of allylic oxidation sites excluding steroid dienone is 9. The third-order valence-corrected chi connectivity index (χ3v) is 12.8. The Morgan fingerprint density at radius 1 is 0.530 bits per heavy atom. The van der Waals surface area contributed by atoms with Crippen molar-refractivity contribution in [1.82, 2.24) is 5.32 Å². The lowest BCUT2D eigenvalue weighted by Crippen LogP contribution is -2.60. The van der Waals surface area contributed by atoms with Crippen molar-refractivity contribution in [3.63, 3.8) is 0 Å². The predicted molar refractivity (Wildman–Crippen MR) is 276 cm³/mol. The van der Waals surface area contributed by atoms with Crippen LogP contribution >= 0.6 is 0 Å². The molecule has 66 heavy (non-hydrogen) atoms. The minimum absolute atomic E-state index is 0.191. The fourth-order valence-corrected chi connectivity index (χ4v) is 8.46. The maximum absolute atomic E-state index is 13.0. The molecule has 1 aliphatic rings. The number of amides is 1. The van der Waals surface area contributed by atoms with Crippen molar-refractivity contribution in [3.8, 4) is 0 Å². The van der Waals surface area contributed by atoms with E-state index in [2.05, 4.69) is 67.8 Å². The Labute approximate surface area is 405 Å². The topological polar surface area (TPSA) is 149 Å². The first-order valence-corrected chi connectivity index (χ1v) is 27.5. The molecule has 1 amide bonds. The van der Waals surface area contributed by atoms with Gasteiger partial charge in [0, 0.05) is 6.42 Å². The maximum atomic E-state index is 13.0. The van der Waals surface area contributed by atoms with Crippen LogP contribution in [0.15, 0.2) is 60.8 Å². The zero-order chi connectivity index (χ0) is 48.0. The SMILES string of the molecule is CC/C=C\C/C=C\CCCCCCCCCCCCCCCCC(=O)NC(COC1OC(CO)C(O)C(O)C1O)C(O)/C=C/CC/C=C/CC/C=C/CCCCCCCCCCCCCC. The molecule has 0 saturated carbocycles. The summed E-state index contributed by atoms with van der Waals surface area (Å²) in [6, 6.07) is -0.830. The smallest absolute Gasteiger partial charge is 0.220 e. The Balaban J connectivity index is 2.29. The molecule has 1 fully saturated rings. The summed E-state index contributed by atoms with van der Waals surface area (Å²) >= 11 is 0. The molecule has 9 nitrogen and oxygen atoms in total. The fraction of sp³-hybridized carbons (Fsp3) is 0.807. The first-order chi connectivity index (χ1) is 32.3. The van der Waals surface area contributed by atoms with Gasteiger partial charge in [-0.3, -0.25) is 4.79 Å². The largest absolute Gasteiger partial charge is 0.394 e. The Morgan fingerprint density at radius 3 is 1.44 bits per heavy atom. The van der Waals surface area contributed by atoms with Crippen LogP contribution in [-0.4, -0.2) is 87.5 Å². The lowest BCUT2D eigenvalue weighted by Gasteiger charge is -2.40. The summed E-state index contributed by atoms with van der Waals surface area (Å²) in [4.78, 5) is 13.0. The van der Waals surface area contributed by atoms with Gasteiger partial charge < -0.3 is 40.3 Å². The van der Waals surface area contributed by atoms with Crippen LogP contribution in [0.3, 0.4) is 0 Å². The Morgan fingerprint density at radius 2 is 0.955 bits per heavy atom. The Hall–Kier alpha value is -2.11. The van der Waals surface area contributed by atoms with E-state index in [0.717, 1.165) is 57.8 Å². The lowest BCUT2D eigenvalue weighted by atomic mass is 9.99. The molecule has 0 aliphatic carbocycles. The van der Waals surface area contributed by atoms with E-state index >= 15 is 0 Å². The second-order valence-electron chi connectivity index (χ2n) is 19.0. The van der Waals surface area contributed by atoms with Crippen molar-refractivity contribution < 1.29 is 39.8 Å². The normalized spacial score (nSPS) is 20.3. The summed E-state index contributed by atoms with van der Waals surface area (Å²) in [5, 5.41) is 54.4. The summed E-state index contributed by atoms with van der Waals surface area (Å²) < 4.78 is 11.2. The molecule has 0 radical (unpaired) electrons. The monoisotopic (exact) mass is 930 g/mol. The predicted octanol–water partition coefficient (Wildman–Crippen LogP) is 13.1. The molecule has 0 bridgehead atoms. The summed E-state index contributed by atoms with van der Waals surface area (Å²) in [6.07, 6.45) is 55.7. The first-order valence-electron chi connectivity index (χ1n) is 27.5. The molecule has 0 spiro atoms. The van der Waals surface area contributed by atoms with Gasteiger partial charge in [0.15, 0.2) is 6.29 Å². The number of aliphatic hydroxyl groups is 5. The van der Waals surface area contributed by atoms with E-state index in [1.54, 1.807) is 6.08 Å². The highest BCUT2D eigenvalue weighted by molar-refractivity contribution is 5.76. The van der Waals surface area contributed by atoms with Crippen molar-refractivity contribution in [2.75, 3.05) is 13.2 Å². The van der Waals surface area contributed by atoms with Gasteiger partial charge in [0.25, 0.3) is 0 Å². The van der Waals surface area contributed by atoms with Gasteiger partial charge in [-0.15, -0.1) is 0 Å². The number of carbonyl (C=O) groups is 1. The zero-order valence-corrected chi connectivity index (χ0v) is 42.4. The highest BCUT2D eigenvalue weighted by Crippen LogP contribution is 2.23. The Bertz CT molecular complexity index is 1220. The van der Waals surface area contributed by atoms with Crippen LogP contribution in [0.4, 0.5) is 0 Å². The summed E-state index contributed by atoms with van der Waals surface area (Å²) in [6.45, 7) is 3.67. The fourth-order valence-electron chi connectivity index (χ4n) is 8.46. The van der Waals surface area contributed by atoms with Gasteiger partial charge in [0.2, 0.25) is 5.91 Å².